The summed E-state index contributed by atoms with van der Waals surface area (Å²) in [7, 11) is 0. The molecular weight excluding hydrogens is 362 g/mol. The van der Waals surface area contributed by atoms with E-state index in [4.69, 9.17) is 16.3 Å². The Balaban J connectivity index is 1.56. The molecule has 0 spiro atoms. The predicted octanol–water partition coefficient (Wildman–Crippen LogP) is 6.16. The van der Waals surface area contributed by atoms with Gasteiger partial charge in [-0.2, -0.15) is 10.2 Å². The molecule has 5 nitrogen and oxygen atoms in total. The molecule has 0 fully saturated rings. The molecular formula is C21H18ClN3O2. The van der Waals surface area contributed by atoms with Crippen LogP contribution in [-0.2, 0) is 4.79 Å². The Labute approximate surface area is 162 Å². The molecule has 0 unspecified atom stereocenters. The molecule has 0 aliphatic carbocycles. The van der Waals surface area contributed by atoms with Gasteiger partial charge < -0.3 is 10.1 Å². The lowest BCUT2D eigenvalue weighted by atomic mass is 10.2. The molecule has 0 aliphatic heterocycles. The molecule has 0 aromatic heterocycles. The van der Waals surface area contributed by atoms with Crippen LogP contribution in [0.25, 0.3) is 0 Å². The summed E-state index contributed by atoms with van der Waals surface area (Å²) in [4.78, 5) is 12.3. The minimum atomic E-state index is -0.649. The lowest BCUT2D eigenvalue weighted by Crippen LogP contribution is -2.30. The zero-order chi connectivity index (χ0) is 19.1. The van der Waals surface area contributed by atoms with Gasteiger partial charge in [-0.15, -0.1) is 0 Å². The van der Waals surface area contributed by atoms with Gasteiger partial charge in [-0.05, 0) is 67.6 Å². The first kappa shape index (κ1) is 18.6. The van der Waals surface area contributed by atoms with E-state index in [1.54, 1.807) is 55.5 Å². The van der Waals surface area contributed by atoms with Crippen molar-refractivity contribution in [3.8, 4) is 5.75 Å². The topological polar surface area (TPSA) is 63.0 Å². The smallest absolute Gasteiger partial charge is 0.265 e. The first-order valence-corrected chi connectivity index (χ1v) is 8.78. The molecule has 1 atom stereocenters. The van der Waals surface area contributed by atoms with E-state index < -0.39 is 6.10 Å². The van der Waals surface area contributed by atoms with E-state index in [1.807, 2.05) is 30.3 Å². The summed E-state index contributed by atoms with van der Waals surface area (Å²) in [6.07, 6.45) is -0.649. The maximum Gasteiger partial charge on any atom is 0.265 e. The Morgan fingerprint density at radius 2 is 1.48 bits per heavy atom. The van der Waals surface area contributed by atoms with Crippen LogP contribution >= 0.6 is 11.6 Å². The lowest BCUT2D eigenvalue weighted by molar-refractivity contribution is -0.122. The number of carbonyl (C=O) groups excluding carboxylic acids is 1. The second-order valence-electron chi connectivity index (χ2n) is 5.79. The standard InChI is InChI=1S/C21H18ClN3O2/c1-15(27-20-13-7-16(22)8-14-20)21(26)23-17-9-11-19(12-10-17)25-24-18-5-3-2-4-6-18/h2-15H,1H3,(H,23,26)/t15-/m1/s1. The molecule has 1 amide bonds. The number of halogens is 1. The third kappa shape index (κ3) is 5.66. The molecule has 0 radical (unpaired) electrons. The van der Waals surface area contributed by atoms with Crippen molar-refractivity contribution in [1.82, 2.24) is 0 Å². The summed E-state index contributed by atoms with van der Waals surface area (Å²) in [5.41, 5.74) is 2.13. The summed E-state index contributed by atoms with van der Waals surface area (Å²) in [5.74, 6) is 0.335. The molecule has 6 heteroatoms. The number of amides is 1. The summed E-state index contributed by atoms with van der Waals surface area (Å²) < 4.78 is 5.61. The second kappa shape index (κ2) is 8.96. The van der Waals surface area contributed by atoms with Crippen LogP contribution in [0.1, 0.15) is 6.92 Å². The first-order valence-electron chi connectivity index (χ1n) is 8.40. The van der Waals surface area contributed by atoms with Gasteiger partial charge >= 0.3 is 0 Å². The van der Waals surface area contributed by atoms with Crippen molar-refractivity contribution < 1.29 is 9.53 Å². The molecule has 27 heavy (non-hydrogen) atoms. The van der Waals surface area contributed by atoms with Gasteiger partial charge in [-0.25, -0.2) is 0 Å². The van der Waals surface area contributed by atoms with E-state index in [1.165, 1.54) is 0 Å². The van der Waals surface area contributed by atoms with Crippen LogP contribution in [0.5, 0.6) is 5.75 Å². The van der Waals surface area contributed by atoms with Gasteiger partial charge in [-0.1, -0.05) is 29.8 Å². The van der Waals surface area contributed by atoms with Crippen LogP contribution in [0.15, 0.2) is 89.1 Å². The maximum absolute atomic E-state index is 12.3. The number of anilines is 1. The van der Waals surface area contributed by atoms with Gasteiger partial charge in [0.05, 0.1) is 11.4 Å². The highest BCUT2D eigenvalue weighted by atomic mass is 35.5. The zero-order valence-corrected chi connectivity index (χ0v) is 15.4. The molecule has 0 aliphatic rings. The fourth-order valence-corrected chi connectivity index (χ4v) is 2.36. The number of azo groups is 1. The van der Waals surface area contributed by atoms with E-state index >= 15 is 0 Å². The highest BCUT2D eigenvalue weighted by molar-refractivity contribution is 6.30. The highest BCUT2D eigenvalue weighted by Gasteiger charge is 2.14. The van der Waals surface area contributed by atoms with Crippen molar-refractivity contribution in [1.29, 1.82) is 0 Å². The van der Waals surface area contributed by atoms with Crippen molar-refractivity contribution >= 4 is 34.6 Å². The summed E-state index contributed by atoms with van der Waals surface area (Å²) >= 11 is 5.84. The molecule has 0 saturated heterocycles. The number of benzene rings is 3. The Morgan fingerprint density at radius 3 is 2.11 bits per heavy atom. The van der Waals surface area contributed by atoms with Crippen molar-refractivity contribution in [2.24, 2.45) is 10.2 Å². The SMILES string of the molecule is C[C@@H](Oc1ccc(Cl)cc1)C(=O)Nc1ccc(N=Nc2ccccc2)cc1. The van der Waals surface area contributed by atoms with E-state index in [0.717, 1.165) is 5.69 Å². The zero-order valence-electron chi connectivity index (χ0n) is 14.7. The van der Waals surface area contributed by atoms with Crippen LogP contribution in [0, 0.1) is 0 Å². The molecule has 1 N–H and O–H groups in total. The molecule has 3 aromatic rings. The monoisotopic (exact) mass is 379 g/mol. The predicted molar refractivity (Wildman–Crippen MR) is 107 cm³/mol. The number of nitrogens with zero attached hydrogens (tertiary/aromatic N) is 2. The number of carbonyl (C=O) groups is 1. The van der Waals surface area contributed by atoms with E-state index in [9.17, 15) is 4.79 Å². The lowest BCUT2D eigenvalue weighted by Gasteiger charge is -2.14. The minimum absolute atomic E-state index is 0.247. The van der Waals surface area contributed by atoms with Crippen LogP contribution in [0.3, 0.4) is 0 Å². The maximum atomic E-state index is 12.3. The molecule has 0 saturated carbocycles. The largest absolute Gasteiger partial charge is 0.481 e. The molecule has 3 aromatic carbocycles. The Kier molecular flexibility index (Phi) is 6.18. The summed E-state index contributed by atoms with van der Waals surface area (Å²) in [6, 6.07) is 23.5. The van der Waals surface area contributed by atoms with Crippen LogP contribution in [0.4, 0.5) is 17.1 Å². The van der Waals surface area contributed by atoms with Gasteiger partial charge in [0.15, 0.2) is 6.10 Å². The fourth-order valence-electron chi connectivity index (χ4n) is 2.24. The fraction of sp³-hybridized carbons (Fsp3) is 0.0952. The van der Waals surface area contributed by atoms with E-state index in [2.05, 4.69) is 15.5 Å². The molecule has 0 bridgehead atoms. The average Bonchev–Trinajstić information content (AvgIpc) is 2.70. The second-order valence-corrected chi connectivity index (χ2v) is 6.22. The van der Waals surface area contributed by atoms with Crippen molar-refractivity contribution in [3.05, 3.63) is 83.9 Å². The van der Waals surface area contributed by atoms with E-state index in [0.29, 0.717) is 22.1 Å². The Bertz CT molecular complexity index is 910. The highest BCUT2D eigenvalue weighted by Crippen LogP contribution is 2.21. The number of rotatable bonds is 6. The first-order chi connectivity index (χ1) is 13.1. The third-order valence-electron chi connectivity index (χ3n) is 3.67. The number of nitrogens with one attached hydrogen (secondary N) is 1. The van der Waals surface area contributed by atoms with Crippen LogP contribution < -0.4 is 10.1 Å². The van der Waals surface area contributed by atoms with Crippen LogP contribution in [0.2, 0.25) is 5.02 Å². The summed E-state index contributed by atoms with van der Waals surface area (Å²) in [6.45, 7) is 1.69. The number of hydrogen-bond donors (Lipinski definition) is 1. The average molecular weight is 380 g/mol. The Morgan fingerprint density at radius 1 is 0.889 bits per heavy atom. The Hall–Kier alpha value is -3.18. The third-order valence-corrected chi connectivity index (χ3v) is 3.92. The molecule has 3 rings (SSSR count). The van der Waals surface area contributed by atoms with Gasteiger partial charge in [0.25, 0.3) is 5.91 Å². The van der Waals surface area contributed by atoms with Crippen molar-refractivity contribution in [3.63, 3.8) is 0 Å². The van der Waals surface area contributed by atoms with Crippen molar-refractivity contribution in [2.75, 3.05) is 5.32 Å². The molecule has 136 valence electrons. The number of hydrogen-bond acceptors (Lipinski definition) is 4. The van der Waals surface area contributed by atoms with Crippen LogP contribution in [-0.4, -0.2) is 12.0 Å². The van der Waals surface area contributed by atoms with Crippen molar-refractivity contribution in [2.45, 2.75) is 13.0 Å². The minimum Gasteiger partial charge on any atom is -0.481 e. The number of ether oxygens (including phenoxy) is 1. The molecule has 0 heterocycles. The normalized spacial score (nSPS) is 11.9. The summed E-state index contributed by atoms with van der Waals surface area (Å²) in [5, 5.41) is 11.8. The van der Waals surface area contributed by atoms with Gasteiger partial charge in [-0.3, -0.25) is 4.79 Å². The van der Waals surface area contributed by atoms with E-state index in [-0.39, 0.29) is 5.91 Å². The van der Waals surface area contributed by atoms with Gasteiger partial charge in [0.1, 0.15) is 5.75 Å². The van der Waals surface area contributed by atoms with Gasteiger partial charge in [0.2, 0.25) is 0 Å². The quantitative estimate of drug-likeness (QED) is 0.521. The van der Waals surface area contributed by atoms with Gasteiger partial charge in [0, 0.05) is 10.7 Å².